The summed E-state index contributed by atoms with van der Waals surface area (Å²) in [6.07, 6.45) is 7.06. The summed E-state index contributed by atoms with van der Waals surface area (Å²) in [4.78, 5) is 23.9. The second-order valence-corrected chi connectivity index (χ2v) is 6.33. The second-order valence-electron chi connectivity index (χ2n) is 6.33. The van der Waals surface area contributed by atoms with Gasteiger partial charge in [0.05, 0.1) is 0 Å². The van der Waals surface area contributed by atoms with Crippen molar-refractivity contribution in [1.29, 1.82) is 0 Å². The number of alkyl carbamates (subject to hydrolysis) is 1. The van der Waals surface area contributed by atoms with E-state index < -0.39 is 18.1 Å². The van der Waals surface area contributed by atoms with E-state index >= 15 is 0 Å². The van der Waals surface area contributed by atoms with Gasteiger partial charge in [0, 0.05) is 0 Å². The molecule has 1 aliphatic carbocycles. The molecule has 1 N–H and O–H groups in total. The van der Waals surface area contributed by atoms with Crippen LogP contribution in [0.1, 0.15) is 57.4 Å². The Morgan fingerprint density at radius 3 is 2.38 bits per heavy atom. The van der Waals surface area contributed by atoms with E-state index in [-0.39, 0.29) is 12.7 Å². The van der Waals surface area contributed by atoms with Gasteiger partial charge in [0.15, 0.2) is 0 Å². The Morgan fingerprint density at radius 2 is 1.71 bits per heavy atom. The molecule has 0 aliphatic heterocycles. The maximum absolute atomic E-state index is 12.1. The molecule has 5 heteroatoms. The topological polar surface area (TPSA) is 64.6 Å². The molecule has 1 amide bonds. The van der Waals surface area contributed by atoms with E-state index in [1.165, 1.54) is 19.3 Å². The van der Waals surface area contributed by atoms with Crippen molar-refractivity contribution in [3.8, 4) is 0 Å². The van der Waals surface area contributed by atoms with E-state index in [4.69, 9.17) is 9.47 Å². The Balaban J connectivity index is 1.70. The summed E-state index contributed by atoms with van der Waals surface area (Å²) in [5.41, 5.74) is 0.900. The van der Waals surface area contributed by atoms with Crippen molar-refractivity contribution >= 4 is 12.1 Å². The SMILES string of the molecule is CC(NC(=O)OCc1ccccc1)C(=O)OC1CCCCCCC1. The molecule has 5 nitrogen and oxygen atoms in total. The molecular formula is C19H27NO4. The highest BCUT2D eigenvalue weighted by molar-refractivity contribution is 5.81. The number of hydrogen-bond donors (Lipinski definition) is 1. The maximum Gasteiger partial charge on any atom is 0.408 e. The van der Waals surface area contributed by atoms with Crippen molar-refractivity contribution in [3.05, 3.63) is 35.9 Å². The van der Waals surface area contributed by atoms with Crippen LogP contribution in [-0.4, -0.2) is 24.2 Å². The lowest BCUT2D eigenvalue weighted by atomic mass is 9.98. The van der Waals surface area contributed by atoms with Gasteiger partial charge in [-0.1, -0.05) is 49.6 Å². The molecule has 0 heterocycles. The van der Waals surface area contributed by atoms with Gasteiger partial charge in [-0.25, -0.2) is 9.59 Å². The van der Waals surface area contributed by atoms with Crippen molar-refractivity contribution in [3.63, 3.8) is 0 Å². The minimum absolute atomic E-state index is 0.0256. The highest BCUT2D eigenvalue weighted by atomic mass is 16.6. The molecule has 0 radical (unpaired) electrons. The number of hydrogen-bond acceptors (Lipinski definition) is 4. The zero-order valence-electron chi connectivity index (χ0n) is 14.3. The Kier molecular flexibility index (Phi) is 7.59. The van der Waals surface area contributed by atoms with Crippen molar-refractivity contribution < 1.29 is 19.1 Å². The first kappa shape index (κ1) is 18.3. The summed E-state index contributed by atoms with van der Waals surface area (Å²) in [6.45, 7) is 1.80. The van der Waals surface area contributed by atoms with Crippen LogP contribution in [0.5, 0.6) is 0 Å². The number of carbonyl (C=O) groups excluding carboxylic acids is 2. The largest absolute Gasteiger partial charge is 0.461 e. The first-order valence-electron chi connectivity index (χ1n) is 8.83. The van der Waals surface area contributed by atoms with Crippen LogP contribution in [0.2, 0.25) is 0 Å². The highest BCUT2D eigenvalue weighted by Gasteiger charge is 2.22. The first-order valence-corrected chi connectivity index (χ1v) is 8.83. The van der Waals surface area contributed by atoms with Crippen LogP contribution >= 0.6 is 0 Å². The number of benzene rings is 1. The summed E-state index contributed by atoms with van der Waals surface area (Å²) < 4.78 is 10.7. The van der Waals surface area contributed by atoms with Crippen molar-refractivity contribution in [2.24, 2.45) is 0 Å². The van der Waals surface area contributed by atoms with Crippen LogP contribution in [-0.2, 0) is 20.9 Å². The van der Waals surface area contributed by atoms with E-state index in [1.807, 2.05) is 30.3 Å². The molecule has 24 heavy (non-hydrogen) atoms. The number of esters is 1. The minimum atomic E-state index is -0.710. The fraction of sp³-hybridized carbons (Fsp3) is 0.579. The molecular weight excluding hydrogens is 306 g/mol. The molecule has 1 aliphatic rings. The molecule has 1 atom stereocenters. The average Bonchev–Trinajstić information content (AvgIpc) is 2.56. The maximum atomic E-state index is 12.1. The minimum Gasteiger partial charge on any atom is -0.461 e. The van der Waals surface area contributed by atoms with Crippen molar-refractivity contribution in [2.45, 2.75) is 70.6 Å². The molecule has 1 aromatic rings. The zero-order chi connectivity index (χ0) is 17.2. The van der Waals surface area contributed by atoms with E-state index in [2.05, 4.69) is 5.32 Å². The molecule has 1 fully saturated rings. The average molecular weight is 333 g/mol. The predicted octanol–water partition coefficient (Wildman–Crippen LogP) is 3.96. The van der Waals surface area contributed by atoms with Crippen LogP contribution < -0.4 is 5.32 Å². The van der Waals surface area contributed by atoms with E-state index in [1.54, 1.807) is 6.92 Å². The van der Waals surface area contributed by atoms with Gasteiger partial charge in [-0.05, 0) is 38.2 Å². The third kappa shape index (κ3) is 6.60. The zero-order valence-corrected chi connectivity index (χ0v) is 14.3. The molecule has 0 saturated heterocycles. The molecule has 1 unspecified atom stereocenters. The van der Waals surface area contributed by atoms with E-state index in [0.717, 1.165) is 31.2 Å². The summed E-state index contributed by atoms with van der Waals surface area (Å²) in [6, 6.07) is 8.70. The first-order chi connectivity index (χ1) is 11.6. The van der Waals surface area contributed by atoms with Crippen LogP contribution in [0, 0.1) is 0 Å². The predicted molar refractivity (Wildman–Crippen MR) is 91.4 cm³/mol. The second kappa shape index (κ2) is 9.96. The number of ether oxygens (including phenoxy) is 2. The summed E-state index contributed by atoms with van der Waals surface area (Å²) in [5, 5.41) is 2.53. The van der Waals surface area contributed by atoms with Crippen LogP contribution in [0.3, 0.4) is 0 Å². The van der Waals surface area contributed by atoms with E-state index in [0.29, 0.717) is 0 Å². The quantitative estimate of drug-likeness (QED) is 0.829. The number of nitrogens with one attached hydrogen (secondary N) is 1. The molecule has 1 aromatic carbocycles. The van der Waals surface area contributed by atoms with Gasteiger partial charge in [0.2, 0.25) is 0 Å². The third-order valence-corrected chi connectivity index (χ3v) is 4.24. The number of amides is 1. The van der Waals surface area contributed by atoms with E-state index in [9.17, 15) is 9.59 Å². The molecule has 0 bridgehead atoms. The fourth-order valence-electron chi connectivity index (χ4n) is 2.80. The summed E-state index contributed by atoms with van der Waals surface area (Å²) in [7, 11) is 0. The fourth-order valence-corrected chi connectivity index (χ4v) is 2.80. The van der Waals surface area contributed by atoms with Crippen LogP contribution in [0.15, 0.2) is 30.3 Å². The van der Waals surface area contributed by atoms with Crippen molar-refractivity contribution in [2.75, 3.05) is 0 Å². The Hall–Kier alpha value is -2.04. The summed E-state index contributed by atoms with van der Waals surface area (Å²) in [5.74, 6) is -0.391. The Bertz CT molecular complexity index is 509. The van der Waals surface area contributed by atoms with Crippen LogP contribution in [0.25, 0.3) is 0 Å². The molecule has 0 spiro atoms. The van der Waals surface area contributed by atoms with Gasteiger partial charge < -0.3 is 14.8 Å². The standard InChI is InChI=1S/C19H27NO4/c1-15(18(21)24-17-12-8-3-2-4-9-13-17)20-19(22)23-14-16-10-6-5-7-11-16/h5-7,10-11,15,17H,2-4,8-9,12-14H2,1H3,(H,20,22). The summed E-state index contributed by atoms with van der Waals surface area (Å²) >= 11 is 0. The molecule has 0 aromatic heterocycles. The van der Waals surface area contributed by atoms with Gasteiger partial charge in [-0.3, -0.25) is 0 Å². The monoisotopic (exact) mass is 333 g/mol. The smallest absolute Gasteiger partial charge is 0.408 e. The molecule has 2 rings (SSSR count). The molecule has 132 valence electrons. The molecule has 1 saturated carbocycles. The van der Waals surface area contributed by atoms with Gasteiger partial charge in [-0.2, -0.15) is 0 Å². The van der Waals surface area contributed by atoms with Crippen molar-refractivity contribution in [1.82, 2.24) is 5.32 Å². The van der Waals surface area contributed by atoms with Gasteiger partial charge in [-0.15, -0.1) is 0 Å². The lowest BCUT2D eigenvalue weighted by Crippen LogP contribution is -2.41. The van der Waals surface area contributed by atoms with Gasteiger partial charge in [0.25, 0.3) is 0 Å². The van der Waals surface area contributed by atoms with Gasteiger partial charge >= 0.3 is 12.1 Å². The Labute approximate surface area is 143 Å². The Morgan fingerprint density at radius 1 is 1.08 bits per heavy atom. The highest BCUT2D eigenvalue weighted by Crippen LogP contribution is 2.19. The number of carbonyl (C=O) groups is 2. The van der Waals surface area contributed by atoms with Crippen LogP contribution in [0.4, 0.5) is 4.79 Å². The van der Waals surface area contributed by atoms with Gasteiger partial charge in [0.1, 0.15) is 18.8 Å². The lowest BCUT2D eigenvalue weighted by Gasteiger charge is -2.22. The third-order valence-electron chi connectivity index (χ3n) is 4.24. The normalized spacial score (nSPS) is 17.2. The number of rotatable bonds is 5. The lowest BCUT2D eigenvalue weighted by molar-refractivity contribution is -0.152.